The van der Waals surface area contributed by atoms with Crippen LogP contribution in [0.5, 0.6) is 0 Å². The Morgan fingerprint density at radius 1 is 0.964 bits per heavy atom. The Morgan fingerprint density at radius 3 is 2.43 bits per heavy atom. The van der Waals surface area contributed by atoms with Crippen molar-refractivity contribution >= 4 is 10.0 Å². The van der Waals surface area contributed by atoms with Crippen LogP contribution in [-0.2, 0) is 16.6 Å². The van der Waals surface area contributed by atoms with Gasteiger partial charge in [-0.25, -0.2) is 12.8 Å². The van der Waals surface area contributed by atoms with Gasteiger partial charge in [-0.1, -0.05) is 41.6 Å². The molecule has 1 aliphatic heterocycles. The third-order valence-corrected chi connectivity index (χ3v) is 6.67. The fraction of sp³-hybridized carbons (Fsp3) is 0.250. The second-order valence-electron chi connectivity index (χ2n) is 6.68. The highest BCUT2D eigenvalue weighted by Gasteiger charge is 2.29. The SMILES string of the molecule is O=S(=O)(c1cccc(F)c1)N1CCN(Cc2cc(-c3ccccc3)no2)CC1. The van der Waals surface area contributed by atoms with E-state index in [0.717, 1.165) is 23.1 Å². The highest BCUT2D eigenvalue weighted by atomic mass is 32.2. The van der Waals surface area contributed by atoms with E-state index < -0.39 is 15.8 Å². The van der Waals surface area contributed by atoms with Gasteiger partial charge < -0.3 is 4.52 Å². The molecule has 1 fully saturated rings. The lowest BCUT2D eigenvalue weighted by atomic mass is 10.1. The Morgan fingerprint density at radius 2 is 1.71 bits per heavy atom. The number of halogens is 1. The number of piperazine rings is 1. The number of benzene rings is 2. The van der Waals surface area contributed by atoms with Crippen molar-refractivity contribution in [3.8, 4) is 11.3 Å². The molecule has 0 aliphatic carbocycles. The molecule has 1 aromatic heterocycles. The lowest BCUT2D eigenvalue weighted by Gasteiger charge is -2.33. The Bertz CT molecular complexity index is 1050. The molecule has 0 unspecified atom stereocenters. The van der Waals surface area contributed by atoms with Crippen LogP contribution in [0.3, 0.4) is 0 Å². The number of nitrogens with zero attached hydrogens (tertiary/aromatic N) is 3. The van der Waals surface area contributed by atoms with Crippen molar-refractivity contribution in [2.75, 3.05) is 26.2 Å². The normalized spacial score (nSPS) is 16.3. The first-order valence-corrected chi connectivity index (χ1v) is 10.5. The first kappa shape index (κ1) is 18.8. The summed E-state index contributed by atoms with van der Waals surface area (Å²) in [6.45, 7) is 2.39. The van der Waals surface area contributed by atoms with Crippen LogP contribution in [0.2, 0.25) is 0 Å². The van der Waals surface area contributed by atoms with Crippen LogP contribution < -0.4 is 0 Å². The predicted octanol–water partition coefficient (Wildman–Crippen LogP) is 2.99. The number of hydrogen-bond acceptors (Lipinski definition) is 5. The van der Waals surface area contributed by atoms with Gasteiger partial charge in [-0.3, -0.25) is 4.90 Å². The van der Waals surface area contributed by atoms with E-state index in [1.807, 2.05) is 36.4 Å². The maximum Gasteiger partial charge on any atom is 0.243 e. The molecule has 0 radical (unpaired) electrons. The number of rotatable bonds is 5. The van der Waals surface area contributed by atoms with Crippen molar-refractivity contribution in [3.63, 3.8) is 0 Å². The Kier molecular flexibility index (Phi) is 5.25. The first-order chi connectivity index (χ1) is 13.5. The number of sulfonamides is 1. The van der Waals surface area contributed by atoms with Gasteiger partial charge in [0.1, 0.15) is 11.5 Å². The van der Waals surface area contributed by atoms with Crippen LogP contribution in [-0.4, -0.2) is 49.0 Å². The molecule has 0 N–H and O–H groups in total. The highest BCUT2D eigenvalue weighted by molar-refractivity contribution is 7.89. The fourth-order valence-electron chi connectivity index (χ4n) is 3.26. The van der Waals surface area contributed by atoms with Crippen molar-refractivity contribution < 1.29 is 17.3 Å². The number of aromatic nitrogens is 1. The van der Waals surface area contributed by atoms with Gasteiger partial charge in [0.05, 0.1) is 11.4 Å². The molecule has 0 spiro atoms. The van der Waals surface area contributed by atoms with Gasteiger partial charge >= 0.3 is 0 Å². The monoisotopic (exact) mass is 401 g/mol. The van der Waals surface area contributed by atoms with E-state index in [9.17, 15) is 12.8 Å². The van der Waals surface area contributed by atoms with E-state index in [2.05, 4.69) is 10.1 Å². The average molecular weight is 401 g/mol. The molecule has 3 aromatic rings. The van der Waals surface area contributed by atoms with Gasteiger partial charge in [0.2, 0.25) is 10.0 Å². The van der Waals surface area contributed by atoms with Gasteiger partial charge in [0.25, 0.3) is 0 Å². The summed E-state index contributed by atoms with van der Waals surface area (Å²) in [7, 11) is -3.68. The van der Waals surface area contributed by atoms with E-state index in [4.69, 9.17) is 4.52 Å². The second-order valence-corrected chi connectivity index (χ2v) is 8.62. The van der Waals surface area contributed by atoms with Crippen LogP contribution in [0.25, 0.3) is 11.3 Å². The molecule has 1 aliphatic rings. The van der Waals surface area contributed by atoms with Crippen LogP contribution in [0.4, 0.5) is 4.39 Å². The van der Waals surface area contributed by atoms with Gasteiger partial charge in [-0.15, -0.1) is 0 Å². The fourth-order valence-corrected chi connectivity index (χ4v) is 4.71. The summed E-state index contributed by atoms with van der Waals surface area (Å²) in [5, 5.41) is 4.11. The summed E-state index contributed by atoms with van der Waals surface area (Å²) < 4.78 is 45.6. The van der Waals surface area contributed by atoms with E-state index in [-0.39, 0.29) is 4.90 Å². The summed E-state index contributed by atoms with van der Waals surface area (Å²) in [5.41, 5.74) is 1.77. The Balaban J connectivity index is 1.38. The Hall–Kier alpha value is -2.55. The van der Waals surface area contributed by atoms with Crippen molar-refractivity contribution in [2.45, 2.75) is 11.4 Å². The molecule has 0 amide bonds. The maximum absolute atomic E-state index is 13.4. The summed E-state index contributed by atoms with van der Waals surface area (Å²) in [5.74, 6) is 0.180. The molecule has 28 heavy (non-hydrogen) atoms. The third-order valence-electron chi connectivity index (χ3n) is 4.77. The third kappa shape index (κ3) is 3.99. The molecule has 8 heteroatoms. The highest BCUT2D eigenvalue weighted by Crippen LogP contribution is 2.21. The lowest BCUT2D eigenvalue weighted by Crippen LogP contribution is -2.48. The molecule has 1 saturated heterocycles. The minimum Gasteiger partial charge on any atom is -0.359 e. The largest absolute Gasteiger partial charge is 0.359 e. The molecule has 0 saturated carbocycles. The summed E-state index contributed by atoms with van der Waals surface area (Å²) >= 11 is 0. The second kappa shape index (κ2) is 7.83. The summed E-state index contributed by atoms with van der Waals surface area (Å²) in [4.78, 5) is 2.11. The Labute approximate surface area is 163 Å². The van der Waals surface area contributed by atoms with Crippen LogP contribution >= 0.6 is 0 Å². The standard InChI is InChI=1S/C20H20FN3O3S/c21-17-7-4-8-19(13-17)28(25,26)24-11-9-23(10-12-24)15-18-14-20(22-27-18)16-5-2-1-3-6-16/h1-8,13-14H,9-12,15H2. The van der Waals surface area contributed by atoms with E-state index in [0.29, 0.717) is 32.7 Å². The average Bonchev–Trinajstić information content (AvgIpc) is 3.18. The predicted molar refractivity (Wildman–Crippen MR) is 102 cm³/mol. The molecular weight excluding hydrogens is 381 g/mol. The van der Waals surface area contributed by atoms with E-state index in [1.54, 1.807) is 0 Å². The zero-order valence-electron chi connectivity index (χ0n) is 15.2. The summed E-state index contributed by atoms with van der Waals surface area (Å²) in [6, 6.07) is 16.8. The first-order valence-electron chi connectivity index (χ1n) is 9.01. The molecule has 2 aromatic carbocycles. The van der Waals surface area contributed by atoms with Crippen molar-refractivity contribution in [2.24, 2.45) is 0 Å². The molecule has 146 valence electrons. The maximum atomic E-state index is 13.4. The smallest absolute Gasteiger partial charge is 0.243 e. The molecule has 6 nitrogen and oxygen atoms in total. The zero-order chi connectivity index (χ0) is 19.6. The van der Waals surface area contributed by atoms with Crippen LogP contribution in [0.15, 0.2) is 70.1 Å². The van der Waals surface area contributed by atoms with Crippen molar-refractivity contribution in [3.05, 3.63) is 72.2 Å². The quantitative estimate of drug-likeness (QED) is 0.658. The summed E-state index contributed by atoms with van der Waals surface area (Å²) in [6.07, 6.45) is 0. The van der Waals surface area contributed by atoms with Gasteiger partial charge in [0, 0.05) is 37.8 Å². The van der Waals surface area contributed by atoms with Crippen molar-refractivity contribution in [1.29, 1.82) is 0 Å². The molecule has 0 bridgehead atoms. The van der Waals surface area contributed by atoms with Gasteiger partial charge in [0.15, 0.2) is 5.76 Å². The topological polar surface area (TPSA) is 66.7 Å². The minimum atomic E-state index is -3.68. The van der Waals surface area contributed by atoms with E-state index in [1.165, 1.54) is 22.5 Å². The lowest BCUT2D eigenvalue weighted by molar-refractivity contribution is 0.166. The van der Waals surface area contributed by atoms with Crippen molar-refractivity contribution in [1.82, 2.24) is 14.4 Å². The molecule has 4 rings (SSSR count). The van der Waals surface area contributed by atoms with E-state index >= 15 is 0 Å². The molecule has 0 atom stereocenters. The van der Waals surface area contributed by atoms with Gasteiger partial charge in [-0.2, -0.15) is 4.31 Å². The number of hydrogen-bond donors (Lipinski definition) is 0. The molecule has 2 heterocycles. The van der Waals surface area contributed by atoms with Gasteiger partial charge in [-0.05, 0) is 18.2 Å². The minimum absolute atomic E-state index is 0.0105. The van der Waals surface area contributed by atoms with Crippen LogP contribution in [0.1, 0.15) is 5.76 Å². The molecular formula is C20H20FN3O3S. The zero-order valence-corrected chi connectivity index (χ0v) is 16.0. The van der Waals surface area contributed by atoms with Crippen LogP contribution in [0, 0.1) is 5.82 Å².